The van der Waals surface area contributed by atoms with Crippen molar-refractivity contribution in [2.45, 2.75) is 12.5 Å². The summed E-state index contributed by atoms with van der Waals surface area (Å²) >= 11 is 5.71. The van der Waals surface area contributed by atoms with Crippen LogP contribution in [0.5, 0.6) is 0 Å². The van der Waals surface area contributed by atoms with Gasteiger partial charge in [0.15, 0.2) is 0 Å². The van der Waals surface area contributed by atoms with Gasteiger partial charge < -0.3 is 5.11 Å². The average molecular weight is 170 g/mol. The van der Waals surface area contributed by atoms with Gasteiger partial charge in [-0.2, -0.15) is 0 Å². The van der Waals surface area contributed by atoms with Crippen LogP contribution in [-0.4, -0.2) is 5.11 Å². The Morgan fingerprint density at radius 2 is 2.27 bits per heavy atom. The summed E-state index contributed by atoms with van der Waals surface area (Å²) < 4.78 is 0. The number of rotatable bonds is 2. The molecule has 0 heterocycles. The molecule has 0 saturated carbocycles. The van der Waals surface area contributed by atoms with Crippen LogP contribution in [-0.2, 0) is 0 Å². The second-order valence-electron chi connectivity index (χ2n) is 2.36. The van der Waals surface area contributed by atoms with Crippen molar-refractivity contribution in [1.82, 2.24) is 0 Å². The Morgan fingerprint density at radius 3 is 2.82 bits per heavy atom. The zero-order valence-electron chi connectivity index (χ0n) is 6.13. The average Bonchev–Trinajstić information content (AvgIpc) is 2.03. The lowest BCUT2D eigenvalue weighted by molar-refractivity contribution is 0.181. The third kappa shape index (κ3) is 2.21. The largest absolute Gasteiger partial charge is 0.388 e. The summed E-state index contributed by atoms with van der Waals surface area (Å²) in [7, 11) is 0. The molecule has 0 saturated heterocycles. The molecule has 0 aliphatic carbocycles. The Hall–Kier alpha value is -0.530. The standard InChI is InChI=1S/C9H10ClO/c1-2-9(11)7-4-3-5-8(10)6-7/h3-6,9,11H,1-2H2. The van der Waals surface area contributed by atoms with Crippen molar-refractivity contribution < 1.29 is 5.11 Å². The summed E-state index contributed by atoms with van der Waals surface area (Å²) in [6.07, 6.45) is -0.0194. The second-order valence-corrected chi connectivity index (χ2v) is 2.80. The van der Waals surface area contributed by atoms with E-state index in [2.05, 4.69) is 6.92 Å². The second kappa shape index (κ2) is 3.74. The SMILES string of the molecule is [CH2]CC(O)c1cccc(Cl)c1. The monoisotopic (exact) mass is 169 g/mol. The first kappa shape index (κ1) is 8.57. The lowest BCUT2D eigenvalue weighted by Gasteiger charge is -2.06. The van der Waals surface area contributed by atoms with Crippen molar-refractivity contribution in [3.05, 3.63) is 41.8 Å². The molecule has 2 heteroatoms. The van der Waals surface area contributed by atoms with Gasteiger partial charge in [0.2, 0.25) is 0 Å². The van der Waals surface area contributed by atoms with E-state index in [1.54, 1.807) is 12.1 Å². The molecule has 0 spiro atoms. The summed E-state index contributed by atoms with van der Waals surface area (Å²) in [5.74, 6) is 0. The van der Waals surface area contributed by atoms with E-state index >= 15 is 0 Å². The highest BCUT2D eigenvalue weighted by Crippen LogP contribution is 2.19. The minimum absolute atomic E-state index is 0.473. The summed E-state index contributed by atoms with van der Waals surface area (Å²) in [4.78, 5) is 0. The molecule has 0 fully saturated rings. The van der Waals surface area contributed by atoms with E-state index in [1.165, 1.54) is 0 Å². The molecule has 1 aromatic carbocycles. The number of hydrogen-bond donors (Lipinski definition) is 1. The zero-order chi connectivity index (χ0) is 8.27. The molecule has 1 nitrogen and oxygen atoms in total. The fourth-order valence-electron chi connectivity index (χ4n) is 0.881. The molecule has 1 unspecified atom stereocenters. The van der Waals surface area contributed by atoms with Crippen molar-refractivity contribution in [2.24, 2.45) is 0 Å². The van der Waals surface area contributed by atoms with Gasteiger partial charge in [0.05, 0.1) is 6.10 Å². The van der Waals surface area contributed by atoms with Crippen LogP contribution >= 0.6 is 11.6 Å². The first-order valence-electron chi connectivity index (χ1n) is 3.47. The fraction of sp³-hybridized carbons (Fsp3) is 0.222. The van der Waals surface area contributed by atoms with Crippen LogP contribution in [0.15, 0.2) is 24.3 Å². The van der Waals surface area contributed by atoms with Crippen LogP contribution in [0, 0.1) is 6.92 Å². The van der Waals surface area contributed by atoms with E-state index in [-0.39, 0.29) is 0 Å². The van der Waals surface area contributed by atoms with Crippen LogP contribution in [0.3, 0.4) is 0 Å². The highest BCUT2D eigenvalue weighted by molar-refractivity contribution is 6.30. The number of aliphatic hydroxyl groups is 1. The highest BCUT2D eigenvalue weighted by atomic mass is 35.5. The zero-order valence-corrected chi connectivity index (χ0v) is 6.88. The van der Waals surface area contributed by atoms with Crippen LogP contribution in [0.4, 0.5) is 0 Å². The first-order chi connectivity index (χ1) is 5.24. The summed E-state index contributed by atoms with van der Waals surface area (Å²) in [6, 6.07) is 7.18. The normalized spacial score (nSPS) is 13.0. The Bertz CT molecular complexity index is 235. The Balaban J connectivity index is 2.86. The molecule has 0 aliphatic heterocycles. The molecule has 0 amide bonds. The van der Waals surface area contributed by atoms with Crippen molar-refractivity contribution >= 4 is 11.6 Å². The Labute approximate surface area is 71.6 Å². The van der Waals surface area contributed by atoms with Gasteiger partial charge in [0, 0.05) is 5.02 Å². The molecular weight excluding hydrogens is 160 g/mol. The van der Waals surface area contributed by atoms with Crippen LogP contribution in [0.1, 0.15) is 18.1 Å². The number of benzene rings is 1. The first-order valence-corrected chi connectivity index (χ1v) is 3.84. The summed E-state index contributed by atoms with van der Waals surface area (Å²) in [5.41, 5.74) is 0.826. The maximum absolute atomic E-state index is 9.33. The van der Waals surface area contributed by atoms with E-state index < -0.39 is 6.10 Å². The topological polar surface area (TPSA) is 20.2 Å². The van der Waals surface area contributed by atoms with Crippen molar-refractivity contribution in [3.63, 3.8) is 0 Å². The minimum atomic E-state index is -0.492. The van der Waals surface area contributed by atoms with E-state index in [4.69, 9.17) is 11.6 Å². The molecule has 59 valence electrons. The van der Waals surface area contributed by atoms with Gasteiger partial charge in [-0.25, -0.2) is 0 Å². The third-order valence-corrected chi connectivity index (χ3v) is 1.74. The van der Waals surface area contributed by atoms with Crippen LogP contribution < -0.4 is 0 Å². The quantitative estimate of drug-likeness (QED) is 0.722. The van der Waals surface area contributed by atoms with Gasteiger partial charge in [0.1, 0.15) is 0 Å². The molecule has 1 atom stereocenters. The lowest BCUT2D eigenvalue weighted by atomic mass is 10.1. The van der Waals surface area contributed by atoms with E-state index in [9.17, 15) is 5.11 Å². The third-order valence-electron chi connectivity index (χ3n) is 1.51. The van der Waals surface area contributed by atoms with E-state index in [0.717, 1.165) is 5.56 Å². The smallest absolute Gasteiger partial charge is 0.0790 e. The van der Waals surface area contributed by atoms with Crippen LogP contribution in [0.2, 0.25) is 5.02 Å². The van der Waals surface area contributed by atoms with Gasteiger partial charge in [-0.1, -0.05) is 30.7 Å². The summed E-state index contributed by atoms with van der Waals surface area (Å²) in [6.45, 7) is 3.60. The number of halogens is 1. The van der Waals surface area contributed by atoms with Gasteiger partial charge in [-0.05, 0) is 24.1 Å². The molecule has 0 aromatic heterocycles. The van der Waals surface area contributed by atoms with Gasteiger partial charge in [-0.15, -0.1) is 0 Å². The molecule has 1 rings (SSSR count). The molecule has 0 aliphatic rings. The molecule has 11 heavy (non-hydrogen) atoms. The van der Waals surface area contributed by atoms with Crippen molar-refractivity contribution in [3.8, 4) is 0 Å². The maximum Gasteiger partial charge on any atom is 0.0790 e. The van der Waals surface area contributed by atoms with Crippen molar-refractivity contribution in [2.75, 3.05) is 0 Å². The molecular formula is C9H10ClO. The van der Waals surface area contributed by atoms with Crippen molar-refractivity contribution in [1.29, 1.82) is 0 Å². The number of hydrogen-bond acceptors (Lipinski definition) is 1. The van der Waals surface area contributed by atoms with Gasteiger partial charge in [0.25, 0.3) is 0 Å². The molecule has 1 radical (unpaired) electrons. The molecule has 0 bridgehead atoms. The molecule has 1 N–H and O–H groups in total. The maximum atomic E-state index is 9.33. The molecule has 1 aromatic rings. The minimum Gasteiger partial charge on any atom is -0.388 e. The van der Waals surface area contributed by atoms with Gasteiger partial charge in [-0.3, -0.25) is 0 Å². The fourth-order valence-corrected chi connectivity index (χ4v) is 1.08. The highest BCUT2D eigenvalue weighted by Gasteiger charge is 2.03. The van der Waals surface area contributed by atoms with E-state index in [0.29, 0.717) is 11.4 Å². The summed E-state index contributed by atoms with van der Waals surface area (Å²) in [5, 5.41) is 9.98. The predicted octanol–water partition coefficient (Wildman–Crippen LogP) is 2.60. The lowest BCUT2D eigenvalue weighted by Crippen LogP contribution is -1.93. The Kier molecular flexibility index (Phi) is 2.92. The van der Waals surface area contributed by atoms with Gasteiger partial charge >= 0.3 is 0 Å². The van der Waals surface area contributed by atoms with Crippen LogP contribution in [0.25, 0.3) is 0 Å². The Morgan fingerprint density at radius 1 is 1.55 bits per heavy atom. The predicted molar refractivity (Wildman–Crippen MR) is 46.4 cm³/mol. The van der Waals surface area contributed by atoms with E-state index in [1.807, 2.05) is 12.1 Å². The number of aliphatic hydroxyl groups excluding tert-OH is 1.